The van der Waals surface area contributed by atoms with Crippen LogP contribution in [0.4, 0.5) is 0 Å². The number of piperidine rings is 1. The predicted octanol–water partition coefficient (Wildman–Crippen LogP) is 1.74. The normalized spacial score (nSPS) is 20.5. The lowest BCUT2D eigenvalue weighted by Crippen LogP contribution is -2.57. The smallest absolute Gasteiger partial charge is 0.236 e. The maximum absolute atomic E-state index is 12.8. The van der Waals surface area contributed by atoms with Gasteiger partial charge in [-0.1, -0.05) is 11.6 Å². The Morgan fingerprint density at radius 2 is 2.19 bits per heavy atom. The first-order valence-corrected chi connectivity index (χ1v) is 9.06. The van der Waals surface area contributed by atoms with Gasteiger partial charge in [0.1, 0.15) is 5.75 Å². The predicted molar refractivity (Wildman–Crippen MR) is 103 cm³/mol. The lowest BCUT2D eigenvalue weighted by atomic mass is 10.0. The summed E-state index contributed by atoms with van der Waals surface area (Å²) in [4.78, 5) is 28.7. The van der Waals surface area contributed by atoms with Gasteiger partial charge in [0.2, 0.25) is 11.8 Å². The highest BCUT2D eigenvalue weighted by Crippen LogP contribution is 2.24. The number of piperazine rings is 1. The molecule has 2 aliphatic rings. The molecule has 2 fully saturated rings. The van der Waals surface area contributed by atoms with Gasteiger partial charge in [0, 0.05) is 42.8 Å². The number of likely N-dealkylation sites (tertiary alicyclic amines) is 1. The van der Waals surface area contributed by atoms with Crippen molar-refractivity contribution in [2.45, 2.75) is 25.3 Å². The number of carbonyl (C=O) groups is 2. The Kier molecular flexibility index (Phi) is 7.55. The number of halogens is 2. The van der Waals surface area contributed by atoms with E-state index in [9.17, 15) is 9.59 Å². The molecule has 144 valence electrons. The van der Waals surface area contributed by atoms with Crippen LogP contribution in [0, 0.1) is 0 Å². The Hall–Kier alpha value is -1.50. The summed E-state index contributed by atoms with van der Waals surface area (Å²) >= 11 is 6.05. The van der Waals surface area contributed by atoms with Crippen LogP contribution in [0.5, 0.6) is 5.75 Å². The number of nitrogens with zero attached hydrogens (tertiary/aromatic N) is 2. The molecular formula is C18H25Cl2N3O3. The summed E-state index contributed by atoms with van der Waals surface area (Å²) < 4.78 is 5.33. The second kappa shape index (κ2) is 9.44. The number of rotatable bonds is 4. The average Bonchev–Trinajstić information content (AvgIpc) is 2.62. The van der Waals surface area contributed by atoms with Crippen molar-refractivity contribution in [1.82, 2.24) is 15.1 Å². The van der Waals surface area contributed by atoms with Gasteiger partial charge in [-0.2, -0.15) is 0 Å². The van der Waals surface area contributed by atoms with E-state index in [0.29, 0.717) is 30.4 Å². The van der Waals surface area contributed by atoms with Gasteiger partial charge < -0.3 is 19.9 Å². The van der Waals surface area contributed by atoms with Crippen molar-refractivity contribution >= 4 is 35.8 Å². The summed E-state index contributed by atoms with van der Waals surface area (Å²) in [5, 5.41) is 3.68. The maximum atomic E-state index is 12.8. The van der Waals surface area contributed by atoms with E-state index in [1.165, 1.54) is 0 Å². The van der Waals surface area contributed by atoms with Gasteiger partial charge in [-0.15, -0.1) is 12.4 Å². The van der Waals surface area contributed by atoms with Gasteiger partial charge in [0.25, 0.3) is 0 Å². The number of methoxy groups -OCH3 is 1. The maximum Gasteiger partial charge on any atom is 0.236 e. The summed E-state index contributed by atoms with van der Waals surface area (Å²) in [5.74, 6) is 0.846. The molecule has 26 heavy (non-hydrogen) atoms. The number of carbonyl (C=O) groups excluding carboxylic acids is 2. The molecule has 0 aliphatic carbocycles. The van der Waals surface area contributed by atoms with E-state index in [1.54, 1.807) is 25.3 Å². The van der Waals surface area contributed by atoms with Crippen molar-refractivity contribution in [1.29, 1.82) is 0 Å². The zero-order valence-electron chi connectivity index (χ0n) is 14.9. The van der Waals surface area contributed by atoms with Crippen molar-refractivity contribution in [2.75, 3.05) is 39.8 Å². The lowest BCUT2D eigenvalue weighted by molar-refractivity contribution is -0.140. The molecule has 0 bridgehead atoms. The third-order valence-corrected chi connectivity index (χ3v) is 5.14. The summed E-state index contributed by atoms with van der Waals surface area (Å²) in [6.07, 6.45) is 2.13. The minimum atomic E-state index is 0. The summed E-state index contributed by atoms with van der Waals surface area (Å²) in [6, 6.07) is 5.43. The van der Waals surface area contributed by atoms with Gasteiger partial charge in [-0.05, 0) is 31.0 Å². The second-order valence-corrected chi connectivity index (χ2v) is 6.97. The van der Waals surface area contributed by atoms with E-state index < -0.39 is 0 Å². The molecule has 2 heterocycles. The molecule has 6 nitrogen and oxygen atoms in total. The van der Waals surface area contributed by atoms with Crippen LogP contribution in [-0.2, 0) is 16.0 Å². The Morgan fingerprint density at radius 1 is 1.38 bits per heavy atom. The minimum Gasteiger partial charge on any atom is -0.496 e. The van der Waals surface area contributed by atoms with Crippen molar-refractivity contribution in [2.24, 2.45) is 0 Å². The number of amides is 2. The summed E-state index contributed by atoms with van der Waals surface area (Å²) in [5.41, 5.74) is 0.792. The Labute approximate surface area is 165 Å². The SMILES string of the molecule is COc1ccc(Cl)cc1CC(=O)N1CCCC(N2CCNCC2=O)C1.Cl. The number of benzene rings is 1. The van der Waals surface area contributed by atoms with E-state index in [4.69, 9.17) is 16.3 Å². The fourth-order valence-electron chi connectivity index (χ4n) is 3.60. The Morgan fingerprint density at radius 3 is 2.92 bits per heavy atom. The average molecular weight is 402 g/mol. The standard InChI is InChI=1S/C18H24ClN3O3.ClH/c1-25-16-5-4-14(19)9-13(16)10-17(23)21-7-2-3-15(12-21)22-8-6-20-11-18(22)24;/h4-5,9,15,20H,2-3,6-8,10-12H2,1H3;1H. The van der Waals surface area contributed by atoms with Gasteiger partial charge in [0.05, 0.1) is 20.1 Å². The second-order valence-electron chi connectivity index (χ2n) is 6.53. The molecule has 0 spiro atoms. The molecule has 2 aliphatic heterocycles. The van der Waals surface area contributed by atoms with Crippen LogP contribution >= 0.6 is 24.0 Å². The molecule has 2 saturated heterocycles. The zero-order chi connectivity index (χ0) is 17.8. The van der Waals surface area contributed by atoms with Crippen molar-refractivity contribution in [3.63, 3.8) is 0 Å². The van der Waals surface area contributed by atoms with Gasteiger partial charge in [-0.3, -0.25) is 9.59 Å². The van der Waals surface area contributed by atoms with Crippen LogP contribution in [0.25, 0.3) is 0 Å². The Balaban J connectivity index is 0.00000243. The van der Waals surface area contributed by atoms with Gasteiger partial charge in [0.15, 0.2) is 0 Å². The van der Waals surface area contributed by atoms with Crippen LogP contribution in [-0.4, -0.2) is 67.5 Å². The number of nitrogens with one attached hydrogen (secondary N) is 1. The van der Waals surface area contributed by atoms with Crippen LogP contribution < -0.4 is 10.1 Å². The fraction of sp³-hybridized carbons (Fsp3) is 0.556. The first-order valence-electron chi connectivity index (χ1n) is 8.69. The van der Waals surface area contributed by atoms with E-state index in [1.807, 2.05) is 9.80 Å². The van der Waals surface area contributed by atoms with Crippen LogP contribution in [0.1, 0.15) is 18.4 Å². The van der Waals surface area contributed by atoms with E-state index in [0.717, 1.165) is 31.5 Å². The molecular weight excluding hydrogens is 377 g/mol. The largest absolute Gasteiger partial charge is 0.496 e. The quantitative estimate of drug-likeness (QED) is 0.834. The molecule has 0 aromatic heterocycles. The van der Waals surface area contributed by atoms with Crippen LogP contribution in [0.2, 0.25) is 5.02 Å². The number of hydrogen-bond acceptors (Lipinski definition) is 4. The molecule has 1 unspecified atom stereocenters. The zero-order valence-corrected chi connectivity index (χ0v) is 16.4. The molecule has 1 aromatic carbocycles. The Bertz CT molecular complexity index is 657. The molecule has 3 rings (SSSR count). The topological polar surface area (TPSA) is 61.9 Å². The third-order valence-electron chi connectivity index (χ3n) is 4.90. The highest BCUT2D eigenvalue weighted by Gasteiger charge is 2.31. The summed E-state index contributed by atoms with van der Waals surface area (Å²) in [7, 11) is 1.59. The first-order chi connectivity index (χ1) is 12.1. The van der Waals surface area contributed by atoms with Gasteiger partial charge in [-0.25, -0.2) is 0 Å². The molecule has 0 radical (unpaired) electrons. The molecule has 1 N–H and O–H groups in total. The van der Waals surface area contributed by atoms with Crippen molar-refractivity contribution < 1.29 is 14.3 Å². The van der Waals surface area contributed by atoms with Gasteiger partial charge >= 0.3 is 0 Å². The van der Waals surface area contributed by atoms with Crippen molar-refractivity contribution in [3.05, 3.63) is 28.8 Å². The molecule has 1 atom stereocenters. The molecule has 2 amide bonds. The summed E-state index contributed by atoms with van der Waals surface area (Å²) in [6.45, 7) is 3.26. The lowest BCUT2D eigenvalue weighted by Gasteiger charge is -2.41. The number of hydrogen-bond donors (Lipinski definition) is 1. The fourth-order valence-corrected chi connectivity index (χ4v) is 3.80. The first kappa shape index (κ1) is 20.8. The van der Waals surface area contributed by atoms with E-state index in [-0.39, 0.29) is 36.7 Å². The molecule has 8 heteroatoms. The third kappa shape index (κ3) is 4.81. The molecule has 1 aromatic rings. The number of ether oxygens (including phenoxy) is 1. The van der Waals surface area contributed by atoms with E-state index in [2.05, 4.69) is 5.32 Å². The van der Waals surface area contributed by atoms with E-state index >= 15 is 0 Å². The highest BCUT2D eigenvalue weighted by molar-refractivity contribution is 6.30. The van der Waals surface area contributed by atoms with Crippen LogP contribution in [0.15, 0.2) is 18.2 Å². The highest BCUT2D eigenvalue weighted by atomic mass is 35.5. The minimum absolute atomic E-state index is 0. The molecule has 0 saturated carbocycles. The monoisotopic (exact) mass is 401 g/mol. The van der Waals surface area contributed by atoms with Crippen LogP contribution in [0.3, 0.4) is 0 Å². The van der Waals surface area contributed by atoms with Crippen molar-refractivity contribution in [3.8, 4) is 5.75 Å².